The van der Waals surface area contributed by atoms with E-state index < -0.39 is 0 Å². The van der Waals surface area contributed by atoms with Crippen LogP contribution in [0.5, 0.6) is 5.75 Å². The number of fused-ring (bicyclic) bond motifs is 1. The smallest absolute Gasteiger partial charge is 0.277 e. The predicted octanol–water partition coefficient (Wildman–Crippen LogP) is 4.20. The summed E-state index contributed by atoms with van der Waals surface area (Å²) in [5.74, 6) is 0.295. The molecule has 6 heteroatoms. The van der Waals surface area contributed by atoms with Gasteiger partial charge in [-0.1, -0.05) is 42.5 Å². The standard InChI is InChI=1S/C21H20BrN3O2/c1-25(2)17-10-7-15(8-11-17)13-23-24-20(26)14-27-19-12-9-16-5-3-4-6-18(16)21(19)22/h3-13H,14H2,1-2H3,(H,24,26)/b23-13+. The van der Waals surface area contributed by atoms with Gasteiger partial charge in [-0.3, -0.25) is 4.79 Å². The number of hydrogen-bond acceptors (Lipinski definition) is 4. The molecule has 0 fully saturated rings. The number of benzene rings is 3. The van der Waals surface area contributed by atoms with E-state index in [1.54, 1.807) is 6.21 Å². The molecule has 3 rings (SSSR count). The van der Waals surface area contributed by atoms with Crippen LogP contribution in [0.3, 0.4) is 0 Å². The van der Waals surface area contributed by atoms with Crippen molar-refractivity contribution >= 4 is 44.5 Å². The van der Waals surface area contributed by atoms with Crippen molar-refractivity contribution in [3.63, 3.8) is 0 Å². The first kappa shape index (κ1) is 18.9. The van der Waals surface area contributed by atoms with E-state index in [4.69, 9.17) is 4.74 Å². The molecule has 0 aromatic heterocycles. The van der Waals surface area contributed by atoms with E-state index in [0.717, 1.165) is 26.5 Å². The van der Waals surface area contributed by atoms with Crippen LogP contribution in [0.25, 0.3) is 10.8 Å². The highest BCUT2D eigenvalue weighted by Crippen LogP contribution is 2.32. The predicted molar refractivity (Wildman–Crippen MR) is 114 cm³/mol. The lowest BCUT2D eigenvalue weighted by atomic mass is 10.1. The third-order valence-corrected chi connectivity index (χ3v) is 4.82. The first-order valence-corrected chi connectivity index (χ1v) is 9.23. The molecule has 0 saturated carbocycles. The maximum atomic E-state index is 12.0. The molecule has 27 heavy (non-hydrogen) atoms. The van der Waals surface area contributed by atoms with Crippen molar-refractivity contribution < 1.29 is 9.53 Å². The number of nitrogens with zero attached hydrogens (tertiary/aromatic N) is 2. The van der Waals surface area contributed by atoms with Gasteiger partial charge in [0, 0.05) is 19.8 Å². The second-order valence-electron chi connectivity index (χ2n) is 6.17. The Labute approximate surface area is 166 Å². The van der Waals surface area contributed by atoms with Crippen molar-refractivity contribution in [1.82, 2.24) is 5.43 Å². The molecule has 5 nitrogen and oxygen atoms in total. The van der Waals surface area contributed by atoms with Crippen LogP contribution in [-0.4, -0.2) is 32.8 Å². The summed E-state index contributed by atoms with van der Waals surface area (Å²) in [5.41, 5.74) is 4.48. The Morgan fingerprint density at radius 3 is 2.59 bits per heavy atom. The second-order valence-corrected chi connectivity index (χ2v) is 6.96. The number of hydrogen-bond donors (Lipinski definition) is 1. The van der Waals surface area contributed by atoms with E-state index in [9.17, 15) is 4.79 Å². The summed E-state index contributed by atoms with van der Waals surface area (Å²) in [6.07, 6.45) is 1.60. The van der Waals surface area contributed by atoms with Crippen LogP contribution in [0.1, 0.15) is 5.56 Å². The van der Waals surface area contributed by atoms with Gasteiger partial charge in [-0.25, -0.2) is 5.43 Å². The Bertz CT molecular complexity index is 969. The number of rotatable bonds is 6. The summed E-state index contributed by atoms with van der Waals surface area (Å²) in [6.45, 7) is -0.117. The number of nitrogens with one attached hydrogen (secondary N) is 1. The third kappa shape index (κ3) is 4.86. The quantitative estimate of drug-likeness (QED) is 0.475. The van der Waals surface area contributed by atoms with Crippen molar-refractivity contribution in [3.05, 3.63) is 70.7 Å². The van der Waals surface area contributed by atoms with Crippen molar-refractivity contribution in [2.75, 3.05) is 25.6 Å². The molecule has 3 aromatic carbocycles. The topological polar surface area (TPSA) is 53.9 Å². The van der Waals surface area contributed by atoms with Gasteiger partial charge < -0.3 is 9.64 Å². The fourth-order valence-corrected chi connectivity index (χ4v) is 3.15. The van der Waals surface area contributed by atoms with E-state index in [-0.39, 0.29) is 12.5 Å². The van der Waals surface area contributed by atoms with Gasteiger partial charge in [0.15, 0.2) is 6.61 Å². The van der Waals surface area contributed by atoms with Crippen LogP contribution < -0.4 is 15.1 Å². The molecule has 1 N–H and O–H groups in total. The summed E-state index contributed by atoms with van der Waals surface area (Å²) >= 11 is 3.54. The Balaban J connectivity index is 1.54. The molecule has 0 heterocycles. The van der Waals surface area contributed by atoms with Crippen LogP contribution in [0.15, 0.2) is 70.2 Å². The lowest BCUT2D eigenvalue weighted by Gasteiger charge is -2.11. The van der Waals surface area contributed by atoms with Crippen LogP contribution in [0, 0.1) is 0 Å². The van der Waals surface area contributed by atoms with Crippen LogP contribution in [0.4, 0.5) is 5.69 Å². The highest BCUT2D eigenvalue weighted by atomic mass is 79.9. The number of amides is 1. The molecule has 0 unspecified atom stereocenters. The monoisotopic (exact) mass is 425 g/mol. The SMILES string of the molecule is CN(C)c1ccc(/C=N/NC(=O)COc2ccc3ccccc3c2Br)cc1. The number of ether oxygens (including phenoxy) is 1. The van der Waals surface area contributed by atoms with E-state index in [0.29, 0.717) is 5.75 Å². The molecular formula is C21H20BrN3O2. The maximum Gasteiger partial charge on any atom is 0.277 e. The highest BCUT2D eigenvalue weighted by molar-refractivity contribution is 9.10. The number of carbonyl (C=O) groups is 1. The normalized spacial score (nSPS) is 10.9. The largest absolute Gasteiger partial charge is 0.483 e. The van der Waals surface area contributed by atoms with Crippen molar-refractivity contribution in [1.29, 1.82) is 0 Å². The van der Waals surface area contributed by atoms with Crippen molar-refractivity contribution in [3.8, 4) is 5.75 Å². The minimum atomic E-state index is -0.323. The highest BCUT2D eigenvalue weighted by Gasteiger charge is 2.08. The van der Waals surface area contributed by atoms with Crippen LogP contribution >= 0.6 is 15.9 Å². The van der Waals surface area contributed by atoms with Gasteiger partial charge in [-0.2, -0.15) is 5.10 Å². The minimum absolute atomic E-state index is 0.117. The summed E-state index contributed by atoms with van der Waals surface area (Å²) in [6, 6.07) is 19.6. The van der Waals surface area contributed by atoms with Gasteiger partial charge in [0.05, 0.1) is 10.7 Å². The number of anilines is 1. The Morgan fingerprint density at radius 1 is 1.11 bits per heavy atom. The maximum absolute atomic E-state index is 12.0. The number of carbonyl (C=O) groups excluding carboxylic acids is 1. The van der Waals surface area contributed by atoms with E-state index >= 15 is 0 Å². The van der Waals surface area contributed by atoms with Gasteiger partial charge in [0.1, 0.15) is 5.75 Å². The molecule has 0 bridgehead atoms. The zero-order valence-corrected chi connectivity index (χ0v) is 16.7. The molecule has 138 valence electrons. The van der Waals surface area contributed by atoms with Gasteiger partial charge in [-0.05, 0) is 50.5 Å². The number of hydrazone groups is 1. The molecule has 1 amide bonds. The second kappa shape index (κ2) is 8.68. The first-order valence-electron chi connectivity index (χ1n) is 8.44. The molecule has 3 aromatic rings. The molecule has 0 aliphatic rings. The van der Waals surface area contributed by atoms with Crippen molar-refractivity contribution in [2.24, 2.45) is 5.10 Å². The lowest BCUT2D eigenvalue weighted by Crippen LogP contribution is -2.24. The average molecular weight is 426 g/mol. The van der Waals surface area contributed by atoms with E-state index in [1.165, 1.54) is 0 Å². The van der Waals surface area contributed by atoms with Gasteiger partial charge in [0.25, 0.3) is 5.91 Å². The average Bonchev–Trinajstić information content (AvgIpc) is 2.68. The summed E-state index contributed by atoms with van der Waals surface area (Å²) in [4.78, 5) is 14.0. The molecule has 0 aliphatic heterocycles. The zero-order valence-electron chi connectivity index (χ0n) is 15.1. The van der Waals surface area contributed by atoms with Gasteiger partial charge in [0.2, 0.25) is 0 Å². The zero-order chi connectivity index (χ0) is 19.2. The Kier molecular flexibility index (Phi) is 6.08. The third-order valence-electron chi connectivity index (χ3n) is 4.00. The summed E-state index contributed by atoms with van der Waals surface area (Å²) < 4.78 is 6.44. The lowest BCUT2D eigenvalue weighted by molar-refractivity contribution is -0.123. The summed E-state index contributed by atoms with van der Waals surface area (Å²) in [7, 11) is 3.97. The molecule has 0 spiro atoms. The fourth-order valence-electron chi connectivity index (χ4n) is 2.54. The Morgan fingerprint density at radius 2 is 1.85 bits per heavy atom. The first-order chi connectivity index (χ1) is 13.0. The minimum Gasteiger partial charge on any atom is -0.483 e. The van der Waals surface area contributed by atoms with Crippen LogP contribution in [-0.2, 0) is 4.79 Å². The molecule has 0 radical (unpaired) electrons. The summed E-state index contributed by atoms with van der Waals surface area (Å²) in [5, 5.41) is 6.11. The molecule has 0 saturated heterocycles. The molecule has 0 atom stereocenters. The van der Waals surface area contributed by atoms with Gasteiger partial charge in [-0.15, -0.1) is 0 Å². The fraction of sp³-hybridized carbons (Fsp3) is 0.143. The van der Waals surface area contributed by atoms with E-state index in [1.807, 2.05) is 79.7 Å². The van der Waals surface area contributed by atoms with Crippen LogP contribution in [0.2, 0.25) is 0 Å². The molecule has 0 aliphatic carbocycles. The molecular weight excluding hydrogens is 406 g/mol. The van der Waals surface area contributed by atoms with Crippen molar-refractivity contribution in [2.45, 2.75) is 0 Å². The Hall–Kier alpha value is -2.86. The van der Waals surface area contributed by atoms with E-state index in [2.05, 4.69) is 26.5 Å². The van der Waals surface area contributed by atoms with Gasteiger partial charge >= 0.3 is 0 Å². The number of halogens is 1.